The lowest BCUT2D eigenvalue weighted by Crippen LogP contribution is -2.44. The van der Waals surface area contributed by atoms with E-state index in [1.165, 1.54) is 24.0 Å². The van der Waals surface area contributed by atoms with Crippen LogP contribution in [0.2, 0.25) is 0 Å². The molecule has 2 aromatic carbocycles. The largest absolute Gasteiger partial charge is 0.326 e. The van der Waals surface area contributed by atoms with Crippen molar-refractivity contribution in [3.8, 4) is 0 Å². The normalized spacial score (nSPS) is 16.9. The zero-order valence-corrected chi connectivity index (χ0v) is 16.1. The van der Waals surface area contributed by atoms with Crippen molar-refractivity contribution in [2.24, 2.45) is 0 Å². The molecule has 1 unspecified atom stereocenters. The lowest BCUT2D eigenvalue weighted by atomic mass is 10.1. The molecule has 7 heteroatoms. The molecule has 3 amide bonds. The van der Waals surface area contributed by atoms with Crippen LogP contribution in [0.15, 0.2) is 48.5 Å². The third kappa shape index (κ3) is 3.77. The number of imide groups is 1. The summed E-state index contributed by atoms with van der Waals surface area (Å²) in [5, 5.41) is 0. The maximum atomic E-state index is 13.1. The van der Waals surface area contributed by atoms with Gasteiger partial charge in [-0.05, 0) is 64.6 Å². The molecule has 1 aliphatic heterocycles. The van der Waals surface area contributed by atoms with E-state index in [4.69, 9.17) is 0 Å². The van der Waals surface area contributed by atoms with Gasteiger partial charge in [0, 0.05) is 17.0 Å². The van der Waals surface area contributed by atoms with Crippen LogP contribution >= 0.6 is 22.6 Å². The molecule has 0 aromatic heterocycles. The van der Waals surface area contributed by atoms with Crippen molar-refractivity contribution in [2.75, 3.05) is 4.90 Å². The predicted octanol–water partition coefficient (Wildman–Crippen LogP) is 3.11. The van der Waals surface area contributed by atoms with Crippen LogP contribution in [0.5, 0.6) is 0 Å². The maximum absolute atomic E-state index is 13.1. The fourth-order valence-electron chi connectivity index (χ4n) is 2.95. The molecule has 0 saturated carbocycles. The molecule has 1 atom stereocenters. The Morgan fingerprint density at radius 1 is 1.15 bits per heavy atom. The molecule has 1 saturated heterocycles. The molecule has 26 heavy (non-hydrogen) atoms. The second kappa shape index (κ2) is 7.53. The number of hydrogen-bond donors (Lipinski definition) is 0. The van der Waals surface area contributed by atoms with E-state index in [0.717, 1.165) is 8.47 Å². The molecule has 1 fully saturated rings. The van der Waals surface area contributed by atoms with Gasteiger partial charge in [-0.25, -0.2) is 9.29 Å². The van der Waals surface area contributed by atoms with Gasteiger partial charge in [0.2, 0.25) is 11.8 Å². The molecule has 3 rings (SSSR count). The summed E-state index contributed by atoms with van der Waals surface area (Å²) in [7, 11) is 0. The van der Waals surface area contributed by atoms with Crippen LogP contribution in [0.1, 0.15) is 18.9 Å². The summed E-state index contributed by atoms with van der Waals surface area (Å²) in [4.78, 5) is 39.9. The maximum Gasteiger partial charge on any atom is 0.257 e. The number of carbonyl (C=O) groups excluding carboxylic acids is 3. The molecular formula is C19H16FIN2O3. The average molecular weight is 466 g/mol. The van der Waals surface area contributed by atoms with Crippen LogP contribution in [-0.2, 0) is 20.9 Å². The van der Waals surface area contributed by atoms with Crippen LogP contribution in [0, 0.1) is 9.39 Å². The summed E-state index contributed by atoms with van der Waals surface area (Å²) in [6.07, 6.45) is -0.0639. The van der Waals surface area contributed by atoms with E-state index in [2.05, 4.69) is 22.6 Å². The molecule has 134 valence electrons. The van der Waals surface area contributed by atoms with Crippen molar-refractivity contribution < 1.29 is 18.8 Å². The minimum absolute atomic E-state index is 0.0639. The highest BCUT2D eigenvalue weighted by atomic mass is 127. The zero-order valence-electron chi connectivity index (χ0n) is 14.0. The van der Waals surface area contributed by atoms with Gasteiger partial charge in [-0.1, -0.05) is 12.1 Å². The summed E-state index contributed by atoms with van der Waals surface area (Å²) in [5.74, 6) is -1.45. The van der Waals surface area contributed by atoms with E-state index in [1.54, 1.807) is 24.3 Å². The molecule has 0 bridgehead atoms. The van der Waals surface area contributed by atoms with Gasteiger partial charge in [-0.2, -0.15) is 0 Å². The number of nitrogens with zero attached hydrogens (tertiary/aromatic N) is 2. The quantitative estimate of drug-likeness (QED) is 0.514. The van der Waals surface area contributed by atoms with Crippen LogP contribution in [0.4, 0.5) is 10.1 Å². The summed E-state index contributed by atoms with van der Waals surface area (Å²) >= 11 is 2.14. The van der Waals surface area contributed by atoms with Crippen molar-refractivity contribution >= 4 is 46.0 Å². The highest BCUT2D eigenvalue weighted by molar-refractivity contribution is 14.1. The number of amides is 3. The van der Waals surface area contributed by atoms with Gasteiger partial charge in [0.15, 0.2) is 0 Å². The second-order valence-corrected chi connectivity index (χ2v) is 7.28. The molecule has 2 aromatic rings. The Bertz CT molecular complexity index is 852. The van der Waals surface area contributed by atoms with E-state index in [9.17, 15) is 18.8 Å². The van der Waals surface area contributed by atoms with E-state index >= 15 is 0 Å². The summed E-state index contributed by atoms with van der Waals surface area (Å²) in [5.41, 5.74) is 1.18. The van der Waals surface area contributed by atoms with Gasteiger partial charge >= 0.3 is 0 Å². The van der Waals surface area contributed by atoms with E-state index < -0.39 is 11.9 Å². The Labute approximate surface area is 163 Å². The van der Waals surface area contributed by atoms with Crippen LogP contribution < -0.4 is 4.90 Å². The van der Waals surface area contributed by atoms with E-state index in [-0.39, 0.29) is 30.6 Å². The number of carbonyl (C=O) groups is 3. The van der Waals surface area contributed by atoms with Crippen LogP contribution in [-0.4, -0.2) is 28.7 Å². The lowest BCUT2D eigenvalue weighted by Gasteiger charge is -2.26. The van der Waals surface area contributed by atoms with Crippen molar-refractivity contribution in [2.45, 2.75) is 25.9 Å². The Morgan fingerprint density at radius 2 is 1.77 bits per heavy atom. The van der Waals surface area contributed by atoms with Crippen molar-refractivity contribution in [3.63, 3.8) is 0 Å². The zero-order chi connectivity index (χ0) is 18.8. The van der Waals surface area contributed by atoms with Gasteiger partial charge < -0.3 is 4.90 Å². The first-order chi connectivity index (χ1) is 12.4. The Morgan fingerprint density at radius 3 is 2.35 bits per heavy atom. The minimum Gasteiger partial charge on any atom is -0.326 e. The van der Waals surface area contributed by atoms with Gasteiger partial charge in [0.25, 0.3) is 5.91 Å². The Kier molecular flexibility index (Phi) is 5.36. The first kappa shape index (κ1) is 18.5. The van der Waals surface area contributed by atoms with Gasteiger partial charge in [-0.3, -0.25) is 14.4 Å². The molecular weight excluding hydrogens is 450 g/mol. The summed E-state index contributed by atoms with van der Waals surface area (Å²) < 4.78 is 14.1. The molecule has 0 N–H and O–H groups in total. The minimum atomic E-state index is -0.857. The van der Waals surface area contributed by atoms with Crippen molar-refractivity contribution in [1.29, 1.82) is 0 Å². The number of rotatable bonds is 4. The number of halogens is 2. The van der Waals surface area contributed by atoms with Crippen LogP contribution in [0.25, 0.3) is 0 Å². The summed E-state index contributed by atoms with van der Waals surface area (Å²) in [6.45, 7) is 1.49. The topological polar surface area (TPSA) is 57.7 Å². The van der Waals surface area contributed by atoms with Crippen LogP contribution in [0.3, 0.4) is 0 Å². The summed E-state index contributed by atoms with van der Waals surface area (Å²) in [6, 6.07) is 11.9. The van der Waals surface area contributed by atoms with E-state index in [1.807, 2.05) is 12.1 Å². The molecule has 0 spiro atoms. The first-order valence-electron chi connectivity index (χ1n) is 8.01. The molecule has 5 nitrogen and oxygen atoms in total. The SMILES string of the molecule is CC(=O)N(Cc1ccc(F)cc1)C1CC(=O)N(c2ccc(I)cc2)C1=O. The smallest absolute Gasteiger partial charge is 0.257 e. The number of anilines is 1. The van der Waals surface area contributed by atoms with Gasteiger partial charge in [0.1, 0.15) is 11.9 Å². The highest BCUT2D eigenvalue weighted by Gasteiger charge is 2.43. The van der Waals surface area contributed by atoms with E-state index in [0.29, 0.717) is 11.3 Å². The predicted molar refractivity (Wildman–Crippen MR) is 103 cm³/mol. The third-order valence-electron chi connectivity index (χ3n) is 4.25. The first-order valence-corrected chi connectivity index (χ1v) is 9.08. The second-order valence-electron chi connectivity index (χ2n) is 6.04. The highest BCUT2D eigenvalue weighted by Crippen LogP contribution is 2.27. The van der Waals surface area contributed by atoms with Crippen molar-refractivity contribution in [1.82, 2.24) is 4.90 Å². The molecule has 1 aliphatic rings. The number of benzene rings is 2. The third-order valence-corrected chi connectivity index (χ3v) is 4.97. The Balaban J connectivity index is 1.85. The molecule has 1 heterocycles. The lowest BCUT2D eigenvalue weighted by molar-refractivity contribution is -0.137. The fourth-order valence-corrected chi connectivity index (χ4v) is 3.31. The molecule has 0 radical (unpaired) electrons. The average Bonchev–Trinajstić information content (AvgIpc) is 2.89. The Hall–Kier alpha value is -2.29. The van der Waals surface area contributed by atoms with Crippen molar-refractivity contribution in [3.05, 3.63) is 63.5 Å². The fraction of sp³-hybridized carbons (Fsp3) is 0.211. The monoisotopic (exact) mass is 466 g/mol. The van der Waals surface area contributed by atoms with Gasteiger partial charge in [0.05, 0.1) is 12.1 Å². The van der Waals surface area contributed by atoms with Gasteiger partial charge in [-0.15, -0.1) is 0 Å². The number of hydrogen-bond acceptors (Lipinski definition) is 3. The standard InChI is InChI=1S/C19H16FIN2O3/c1-12(24)22(11-13-2-4-14(20)5-3-13)17-10-18(25)23(19(17)26)16-8-6-15(21)7-9-16/h2-9,17H,10-11H2,1H3. The molecule has 0 aliphatic carbocycles.